The molecule has 4 nitrogen and oxygen atoms in total. The Labute approximate surface area is 92.0 Å². The van der Waals surface area contributed by atoms with Crippen LogP contribution in [0.1, 0.15) is 33.6 Å². The summed E-state index contributed by atoms with van der Waals surface area (Å²) in [5.74, 6) is -0.0384. The molecule has 4 heteroatoms. The minimum absolute atomic E-state index is 0.0164. The fraction of sp³-hybridized carbons (Fsp3) is 0.909. The van der Waals surface area contributed by atoms with Gasteiger partial charge in [0.1, 0.15) is 6.61 Å². The molecule has 0 aromatic carbocycles. The summed E-state index contributed by atoms with van der Waals surface area (Å²) in [4.78, 5) is 11.3. The molecule has 0 radical (unpaired) electrons. The van der Waals surface area contributed by atoms with Crippen LogP contribution in [0.15, 0.2) is 0 Å². The summed E-state index contributed by atoms with van der Waals surface area (Å²) in [7, 11) is 0. The van der Waals surface area contributed by atoms with Crippen LogP contribution < -0.4 is 5.32 Å². The topological polar surface area (TPSA) is 58.6 Å². The average molecular weight is 217 g/mol. The molecule has 0 aromatic heterocycles. The highest BCUT2D eigenvalue weighted by Crippen LogP contribution is 2.00. The van der Waals surface area contributed by atoms with Gasteiger partial charge in [-0.25, -0.2) is 0 Å². The normalized spacial score (nSPS) is 14.7. The van der Waals surface area contributed by atoms with Crippen molar-refractivity contribution in [3.8, 4) is 0 Å². The van der Waals surface area contributed by atoms with E-state index in [-0.39, 0.29) is 31.1 Å². The maximum absolute atomic E-state index is 11.3. The van der Waals surface area contributed by atoms with Gasteiger partial charge in [0.25, 0.3) is 0 Å². The first-order valence-corrected chi connectivity index (χ1v) is 5.59. The second-order valence-corrected chi connectivity index (χ2v) is 3.92. The first kappa shape index (κ1) is 14.4. The molecule has 0 aliphatic rings. The van der Waals surface area contributed by atoms with Crippen molar-refractivity contribution < 1.29 is 14.6 Å². The summed E-state index contributed by atoms with van der Waals surface area (Å²) < 4.78 is 5.18. The van der Waals surface area contributed by atoms with Gasteiger partial charge in [-0.15, -0.1) is 0 Å². The number of carbonyl (C=O) groups excluding carboxylic acids is 1. The molecule has 0 aromatic rings. The predicted molar refractivity (Wildman–Crippen MR) is 59.6 cm³/mol. The van der Waals surface area contributed by atoms with Crippen molar-refractivity contribution in [3.63, 3.8) is 0 Å². The minimum Gasteiger partial charge on any atom is -0.396 e. The molecule has 0 saturated heterocycles. The first-order valence-electron chi connectivity index (χ1n) is 5.59. The number of hydrogen-bond acceptors (Lipinski definition) is 3. The van der Waals surface area contributed by atoms with E-state index in [2.05, 4.69) is 12.2 Å². The Kier molecular flexibility index (Phi) is 8.33. The lowest BCUT2D eigenvalue weighted by atomic mass is 10.1. The number of aliphatic hydroxyl groups excluding tert-OH is 1. The van der Waals surface area contributed by atoms with Crippen LogP contribution in [0.25, 0.3) is 0 Å². The van der Waals surface area contributed by atoms with Crippen molar-refractivity contribution in [2.24, 2.45) is 5.92 Å². The summed E-state index contributed by atoms with van der Waals surface area (Å²) in [5, 5.41) is 11.7. The molecule has 0 heterocycles. The van der Waals surface area contributed by atoms with E-state index in [9.17, 15) is 4.79 Å². The lowest BCUT2D eigenvalue weighted by Gasteiger charge is -2.19. The molecule has 2 atom stereocenters. The van der Waals surface area contributed by atoms with Gasteiger partial charge in [0.15, 0.2) is 0 Å². The highest BCUT2D eigenvalue weighted by atomic mass is 16.5. The van der Waals surface area contributed by atoms with E-state index in [0.29, 0.717) is 6.61 Å². The van der Waals surface area contributed by atoms with Gasteiger partial charge in [-0.2, -0.15) is 0 Å². The van der Waals surface area contributed by atoms with Crippen LogP contribution >= 0.6 is 0 Å². The smallest absolute Gasteiger partial charge is 0.246 e. The monoisotopic (exact) mass is 217 g/mol. The van der Waals surface area contributed by atoms with E-state index in [4.69, 9.17) is 9.84 Å². The number of amides is 1. The van der Waals surface area contributed by atoms with Crippen molar-refractivity contribution in [3.05, 3.63) is 0 Å². The number of hydrogen-bond donors (Lipinski definition) is 2. The molecule has 0 fully saturated rings. The minimum atomic E-state index is -0.112. The van der Waals surface area contributed by atoms with Gasteiger partial charge in [-0.3, -0.25) is 4.79 Å². The zero-order chi connectivity index (χ0) is 11.7. The molecule has 0 aliphatic carbocycles. The lowest BCUT2D eigenvalue weighted by molar-refractivity contribution is -0.126. The van der Waals surface area contributed by atoms with Crippen LogP contribution in [0.2, 0.25) is 0 Å². The van der Waals surface area contributed by atoms with Gasteiger partial charge in [-0.1, -0.05) is 20.3 Å². The van der Waals surface area contributed by atoms with Gasteiger partial charge in [0.2, 0.25) is 5.91 Å². The number of ether oxygens (including phenoxy) is 1. The Morgan fingerprint density at radius 2 is 2.13 bits per heavy atom. The molecule has 2 N–H and O–H groups in total. The van der Waals surface area contributed by atoms with E-state index in [1.807, 2.05) is 13.8 Å². The Bertz CT molecular complexity index is 173. The maximum atomic E-state index is 11.3. The second-order valence-electron chi connectivity index (χ2n) is 3.92. The number of carbonyl (C=O) groups is 1. The van der Waals surface area contributed by atoms with Crippen LogP contribution in [0, 0.1) is 5.92 Å². The summed E-state index contributed by atoms with van der Waals surface area (Å²) in [6.45, 7) is 6.68. The fourth-order valence-electron chi connectivity index (χ4n) is 1.01. The first-order chi connectivity index (χ1) is 7.11. The van der Waals surface area contributed by atoms with Crippen LogP contribution in [0.4, 0.5) is 0 Å². The Hall–Kier alpha value is -0.610. The standard InChI is InChI=1S/C11H23NO3/c1-4-5-6-15-8-11(14)12-10(3)9(2)7-13/h9-10,13H,4-8H2,1-3H3,(H,12,14). The average Bonchev–Trinajstić information content (AvgIpc) is 2.23. The Morgan fingerprint density at radius 1 is 1.47 bits per heavy atom. The van der Waals surface area contributed by atoms with E-state index in [1.165, 1.54) is 0 Å². The maximum Gasteiger partial charge on any atom is 0.246 e. The highest BCUT2D eigenvalue weighted by Gasteiger charge is 2.13. The van der Waals surface area contributed by atoms with Crippen molar-refractivity contribution in [1.82, 2.24) is 5.32 Å². The Balaban J connectivity index is 3.55. The van der Waals surface area contributed by atoms with Gasteiger partial charge in [0, 0.05) is 19.3 Å². The third-order valence-corrected chi connectivity index (χ3v) is 2.41. The predicted octanol–water partition coefficient (Wildman–Crippen LogP) is 0.936. The van der Waals surface area contributed by atoms with Gasteiger partial charge in [-0.05, 0) is 19.3 Å². The number of nitrogens with one attached hydrogen (secondary N) is 1. The molecule has 0 rings (SSSR count). The van der Waals surface area contributed by atoms with E-state index < -0.39 is 0 Å². The van der Waals surface area contributed by atoms with Gasteiger partial charge < -0.3 is 15.2 Å². The molecule has 0 saturated carbocycles. The third kappa shape index (κ3) is 7.33. The van der Waals surface area contributed by atoms with E-state index in [0.717, 1.165) is 12.8 Å². The fourth-order valence-corrected chi connectivity index (χ4v) is 1.01. The van der Waals surface area contributed by atoms with Crippen LogP contribution in [0.5, 0.6) is 0 Å². The van der Waals surface area contributed by atoms with E-state index >= 15 is 0 Å². The molecule has 0 bridgehead atoms. The molecule has 1 amide bonds. The summed E-state index contributed by atoms with van der Waals surface area (Å²) in [6.07, 6.45) is 2.05. The van der Waals surface area contributed by atoms with Crippen LogP contribution in [0.3, 0.4) is 0 Å². The lowest BCUT2D eigenvalue weighted by Crippen LogP contribution is -2.40. The molecule has 90 valence electrons. The molecule has 0 aliphatic heterocycles. The zero-order valence-corrected chi connectivity index (χ0v) is 9.95. The molecule has 0 spiro atoms. The molecular formula is C11H23NO3. The van der Waals surface area contributed by atoms with E-state index in [1.54, 1.807) is 0 Å². The zero-order valence-electron chi connectivity index (χ0n) is 9.95. The molecule has 2 unspecified atom stereocenters. The van der Waals surface area contributed by atoms with Crippen molar-refractivity contribution in [2.45, 2.75) is 39.7 Å². The quantitative estimate of drug-likeness (QED) is 0.595. The second kappa shape index (κ2) is 8.68. The summed E-state index contributed by atoms with van der Waals surface area (Å²) in [5.41, 5.74) is 0. The van der Waals surface area contributed by atoms with Crippen LogP contribution in [-0.2, 0) is 9.53 Å². The SMILES string of the molecule is CCCCOCC(=O)NC(C)C(C)CO. The summed E-state index contributed by atoms with van der Waals surface area (Å²) >= 11 is 0. The van der Waals surface area contributed by atoms with Crippen molar-refractivity contribution in [1.29, 1.82) is 0 Å². The number of rotatable bonds is 8. The highest BCUT2D eigenvalue weighted by molar-refractivity contribution is 5.77. The van der Waals surface area contributed by atoms with Gasteiger partial charge >= 0.3 is 0 Å². The number of aliphatic hydroxyl groups is 1. The van der Waals surface area contributed by atoms with Crippen LogP contribution in [-0.4, -0.2) is 36.9 Å². The molecule has 15 heavy (non-hydrogen) atoms. The molecular weight excluding hydrogens is 194 g/mol. The summed E-state index contributed by atoms with van der Waals surface area (Å²) in [6, 6.07) is -0.0164. The Morgan fingerprint density at radius 3 is 2.67 bits per heavy atom. The third-order valence-electron chi connectivity index (χ3n) is 2.41. The largest absolute Gasteiger partial charge is 0.396 e. The van der Waals surface area contributed by atoms with Crippen molar-refractivity contribution >= 4 is 5.91 Å². The van der Waals surface area contributed by atoms with Crippen molar-refractivity contribution in [2.75, 3.05) is 19.8 Å². The van der Waals surface area contributed by atoms with Gasteiger partial charge in [0.05, 0.1) is 0 Å². The number of unbranched alkanes of at least 4 members (excludes halogenated alkanes) is 1.